The van der Waals surface area contributed by atoms with Crippen LogP contribution in [0.15, 0.2) is 36.4 Å². The van der Waals surface area contributed by atoms with E-state index in [0.717, 1.165) is 12.1 Å². The first kappa shape index (κ1) is 12.5. The molecule has 2 nitrogen and oxygen atoms in total. The van der Waals surface area contributed by atoms with Gasteiger partial charge in [-0.25, -0.2) is 13.6 Å². The lowest BCUT2D eigenvalue weighted by atomic mass is 10.0. The molecule has 0 heterocycles. The second-order valence-electron chi connectivity index (χ2n) is 3.63. The predicted octanol–water partition coefficient (Wildman–Crippen LogP) is 3.98. The van der Waals surface area contributed by atoms with Crippen LogP contribution in [0, 0.1) is 11.6 Å². The zero-order chi connectivity index (χ0) is 13.3. The van der Waals surface area contributed by atoms with Crippen molar-refractivity contribution in [3.8, 4) is 11.1 Å². The molecule has 0 amide bonds. The van der Waals surface area contributed by atoms with E-state index in [2.05, 4.69) is 0 Å². The van der Waals surface area contributed by atoms with Crippen molar-refractivity contribution in [2.75, 3.05) is 0 Å². The molecule has 0 bridgehead atoms. The molecular weight excluding hydrogens is 262 g/mol. The van der Waals surface area contributed by atoms with E-state index in [1.54, 1.807) is 0 Å². The van der Waals surface area contributed by atoms with E-state index in [-0.39, 0.29) is 10.6 Å². The van der Waals surface area contributed by atoms with E-state index < -0.39 is 17.6 Å². The number of carboxylic acids is 1. The summed E-state index contributed by atoms with van der Waals surface area (Å²) in [6.07, 6.45) is 0. The predicted molar refractivity (Wildman–Crippen MR) is 63.8 cm³/mol. The highest BCUT2D eigenvalue weighted by molar-refractivity contribution is 6.33. The van der Waals surface area contributed by atoms with Crippen molar-refractivity contribution in [3.63, 3.8) is 0 Å². The summed E-state index contributed by atoms with van der Waals surface area (Å²) in [5, 5.41) is 8.86. The third-order valence-electron chi connectivity index (χ3n) is 2.45. The summed E-state index contributed by atoms with van der Waals surface area (Å²) < 4.78 is 25.9. The van der Waals surface area contributed by atoms with Gasteiger partial charge in [-0.1, -0.05) is 23.7 Å². The molecule has 18 heavy (non-hydrogen) atoms. The summed E-state index contributed by atoms with van der Waals surface area (Å²) in [6.45, 7) is 0. The molecule has 0 fully saturated rings. The van der Waals surface area contributed by atoms with E-state index in [0.29, 0.717) is 11.1 Å². The van der Waals surface area contributed by atoms with E-state index in [1.165, 1.54) is 24.3 Å². The molecule has 2 aromatic rings. The Morgan fingerprint density at radius 2 is 1.61 bits per heavy atom. The van der Waals surface area contributed by atoms with Crippen molar-refractivity contribution >= 4 is 17.6 Å². The molecular formula is C13H7ClF2O2. The summed E-state index contributed by atoms with van der Waals surface area (Å²) in [4.78, 5) is 10.8. The van der Waals surface area contributed by atoms with Gasteiger partial charge in [0.2, 0.25) is 0 Å². The Bertz CT molecular complexity index is 626. The SMILES string of the molecule is O=C(O)c1ccc(-c2ccc(F)c(F)c2)cc1Cl. The van der Waals surface area contributed by atoms with Crippen LogP contribution < -0.4 is 0 Å². The zero-order valence-electron chi connectivity index (χ0n) is 8.95. The van der Waals surface area contributed by atoms with Gasteiger partial charge in [0.1, 0.15) is 0 Å². The molecule has 2 aromatic carbocycles. The molecule has 0 aliphatic heterocycles. The zero-order valence-corrected chi connectivity index (χ0v) is 9.71. The summed E-state index contributed by atoms with van der Waals surface area (Å²) in [6, 6.07) is 7.64. The highest BCUT2D eigenvalue weighted by Gasteiger charge is 2.10. The lowest BCUT2D eigenvalue weighted by molar-refractivity contribution is 0.0697. The van der Waals surface area contributed by atoms with Crippen molar-refractivity contribution in [2.24, 2.45) is 0 Å². The molecule has 2 rings (SSSR count). The molecule has 1 N–H and O–H groups in total. The Balaban J connectivity index is 2.48. The van der Waals surface area contributed by atoms with Crippen LogP contribution in [-0.4, -0.2) is 11.1 Å². The summed E-state index contributed by atoms with van der Waals surface area (Å²) in [5.74, 6) is -3.05. The number of hydrogen-bond donors (Lipinski definition) is 1. The standard InChI is InChI=1S/C13H7ClF2O2/c14-10-5-7(1-3-9(10)13(17)18)8-2-4-11(15)12(16)6-8/h1-6H,(H,17,18). The van der Waals surface area contributed by atoms with Gasteiger partial charge in [-0.05, 0) is 35.4 Å². The molecule has 0 saturated carbocycles. The van der Waals surface area contributed by atoms with Crippen molar-refractivity contribution in [3.05, 3.63) is 58.6 Å². The van der Waals surface area contributed by atoms with Gasteiger partial charge in [-0.2, -0.15) is 0 Å². The fourth-order valence-corrected chi connectivity index (χ4v) is 1.81. The minimum atomic E-state index is -1.14. The first-order valence-corrected chi connectivity index (χ1v) is 5.35. The number of rotatable bonds is 2. The van der Waals surface area contributed by atoms with Gasteiger partial charge in [0.05, 0.1) is 10.6 Å². The first-order chi connectivity index (χ1) is 8.49. The lowest BCUT2D eigenvalue weighted by Crippen LogP contribution is -1.97. The second kappa shape index (κ2) is 4.74. The van der Waals surface area contributed by atoms with Gasteiger partial charge >= 0.3 is 5.97 Å². The maximum Gasteiger partial charge on any atom is 0.337 e. The molecule has 0 aliphatic rings. The van der Waals surface area contributed by atoms with Crippen LogP contribution in [0.2, 0.25) is 5.02 Å². The molecule has 0 atom stereocenters. The molecule has 0 aromatic heterocycles. The fraction of sp³-hybridized carbons (Fsp3) is 0. The third-order valence-corrected chi connectivity index (χ3v) is 2.77. The third kappa shape index (κ3) is 2.33. The van der Waals surface area contributed by atoms with E-state index in [9.17, 15) is 13.6 Å². The molecule has 5 heteroatoms. The summed E-state index contributed by atoms with van der Waals surface area (Å²) in [7, 11) is 0. The van der Waals surface area contributed by atoms with Gasteiger partial charge in [-0.3, -0.25) is 0 Å². The minimum absolute atomic E-state index is 0.0389. The van der Waals surface area contributed by atoms with Crippen LogP contribution in [0.5, 0.6) is 0 Å². The van der Waals surface area contributed by atoms with Gasteiger partial charge < -0.3 is 5.11 Å². The van der Waals surface area contributed by atoms with Crippen LogP contribution in [-0.2, 0) is 0 Å². The Labute approximate surface area is 106 Å². The largest absolute Gasteiger partial charge is 0.478 e. The molecule has 0 aliphatic carbocycles. The highest BCUT2D eigenvalue weighted by atomic mass is 35.5. The summed E-state index contributed by atoms with van der Waals surface area (Å²) in [5.41, 5.74) is 0.902. The van der Waals surface area contributed by atoms with Crippen LogP contribution in [0.4, 0.5) is 8.78 Å². The van der Waals surface area contributed by atoms with Gasteiger partial charge in [0.15, 0.2) is 11.6 Å². The van der Waals surface area contributed by atoms with Crippen molar-refractivity contribution in [1.29, 1.82) is 0 Å². The fourth-order valence-electron chi connectivity index (χ4n) is 1.54. The average molecular weight is 269 g/mol. The van der Waals surface area contributed by atoms with Crippen molar-refractivity contribution in [1.82, 2.24) is 0 Å². The first-order valence-electron chi connectivity index (χ1n) is 4.97. The quantitative estimate of drug-likeness (QED) is 0.894. The molecule has 92 valence electrons. The Morgan fingerprint density at radius 3 is 2.17 bits per heavy atom. The normalized spacial score (nSPS) is 10.4. The van der Waals surface area contributed by atoms with E-state index in [1.807, 2.05) is 0 Å². The monoisotopic (exact) mass is 268 g/mol. The topological polar surface area (TPSA) is 37.3 Å². The van der Waals surface area contributed by atoms with E-state index >= 15 is 0 Å². The van der Waals surface area contributed by atoms with E-state index in [4.69, 9.17) is 16.7 Å². The Hall–Kier alpha value is -1.94. The second-order valence-corrected chi connectivity index (χ2v) is 4.04. The van der Waals surface area contributed by atoms with Crippen LogP contribution in [0.3, 0.4) is 0 Å². The smallest absolute Gasteiger partial charge is 0.337 e. The van der Waals surface area contributed by atoms with Crippen molar-refractivity contribution < 1.29 is 18.7 Å². The molecule has 0 unspecified atom stereocenters. The van der Waals surface area contributed by atoms with Gasteiger partial charge in [0.25, 0.3) is 0 Å². The number of carboxylic acid groups (broad SMARTS) is 1. The van der Waals surface area contributed by atoms with Crippen LogP contribution in [0.25, 0.3) is 11.1 Å². The van der Waals surface area contributed by atoms with Crippen LogP contribution in [0.1, 0.15) is 10.4 Å². The number of benzene rings is 2. The Kier molecular flexibility index (Phi) is 3.30. The maximum atomic E-state index is 13.1. The van der Waals surface area contributed by atoms with Crippen LogP contribution >= 0.6 is 11.6 Å². The number of aromatic carboxylic acids is 1. The molecule has 0 spiro atoms. The number of hydrogen-bond acceptors (Lipinski definition) is 1. The average Bonchev–Trinajstić information content (AvgIpc) is 2.32. The lowest BCUT2D eigenvalue weighted by Gasteiger charge is -2.05. The number of halogens is 3. The molecule has 0 saturated heterocycles. The minimum Gasteiger partial charge on any atom is -0.478 e. The number of carbonyl (C=O) groups is 1. The Morgan fingerprint density at radius 1 is 1.00 bits per heavy atom. The van der Waals surface area contributed by atoms with Gasteiger partial charge in [-0.15, -0.1) is 0 Å². The maximum absolute atomic E-state index is 13.1. The van der Waals surface area contributed by atoms with Crippen molar-refractivity contribution in [2.45, 2.75) is 0 Å². The highest BCUT2D eigenvalue weighted by Crippen LogP contribution is 2.26. The summed E-state index contributed by atoms with van der Waals surface area (Å²) >= 11 is 5.80. The molecule has 0 radical (unpaired) electrons. The van der Waals surface area contributed by atoms with Gasteiger partial charge in [0, 0.05) is 0 Å².